The molecule has 0 spiro atoms. The number of ether oxygens (including phenoxy) is 1. The summed E-state index contributed by atoms with van der Waals surface area (Å²) in [5.41, 5.74) is 1.53. The summed E-state index contributed by atoms with van der Waals surface area (Å²) in [4.78, 5) is 12.6. The van der Waals surface area contributed by atoms with Gasteiger partial charge in [-0.05, 0) is 37.6 Å². The molecule has 0 unspecified atom stereocenters. The van der Waals surface area contributed by atoms with Gasteiger partial charge in [-0.15, -0.1) is 0 Å². The van der Waals surface area contributed by atoms with Crippen LogP contribution in [-0.2, 0) is 14.8 Å². The van der Waals surface area contributed by atoms with E-state index < -0.39 is 22.1 Å². The van der Waals surface area contributed by atoms with Crippen LogP contribution in [0.25, 0.3) is 0 Å². The molecule has 0 aliphatic carbocycles. The summed E-state index contributed by atoms with van der Waals surface area (Å²) in [6.07, 6.45) is -0.560. The molecule has 25 heavy (non-hydrogen) atoms. The summed E-state index contributed by atoms with van der Waals surface area (Å²) in [5.74, 6) is -0.597. The second-order valence-corrected chi connectivity index (χ2v) is 8.39. The fourth-order valence-electron chi connectivity index (χ4n) is 2.28. The molecule has 0 saturated carbocycles. The quantitative estimate of drug-likeness (QED) is 0.738. The Balaban J connectivity index is 2.32. The van der Waals surface area contributed by atoms with E-state index in [1.54, 1.807) is 44.2 Å². The highest BCUT2D eigenvalue weighted by atomic mass is 35.5. The third-order valence-electron chi connectivity index (χ3n) is 3.83. The number of esters is 1. The monoisotopic (exact) mass is 381 g/mol. The van der Waals surface area contributed by atoms with Gasteiger partial charge in [-0.1, -0.05) is 35.9 Å². The zero-order valence-electron chi connectivity index (χ0n) is 14.5. The molecule has 0 fully saturated rings. The smallest absolute Gasteiger partial charge is 0.339 e. The van der Waals surface area contributed by atoms with E-state index in [-0.39, 0.29) is 10.5 Å². The molecule has 0 amide bonds. The minimum absolute atomic E-state index is 0.0421. The molecule has 2 aromatic rings. The molecule has 0 aliphatic rings. The van der Waals surface area contributed by atoms with Gasteiger partial charge in [-0.3, -0.25) is 0 Å². The van der Waals surface area contributed by atoms with Crippen LogP contribution < -0.4 is 0 Å². The lowest BCUT2D eigenvalue weighted by Crippen LogP contribution is -2.22. The molecule has 0 aliphatic heterocycles. The first-order valence-electron chi connectivity index (χ1n) is 7.63. The summed E-state index contributed by atoms with van der Waals surface area (Å²) >= 11 is 6.12. The summed E-state index contributed by atoms with van der Waals surface area (Å²) in [6, 6.07) is 11.5. The van der Waals surface area contributed by atoms with Crippen LogP contribution in [0.5, 0.6) is 0 Å². The van der Waals surface area contributed by atoms with Crippen molar-refractivity contribution >= 4 is 27.6 Å². The van der Waals surface area contributed by atoms with Gasteiger partial charge in [0.25, 0.3) is 0 Å². The van der Waals surface area contributed by atoms with Crippen molar-refractivity contribution < 1.29 is 17.9 Å². The van der Waals surface area contributed by atoms with Crippen LogP contribution in [0.15, 0.2) is 47.4 Å². The summed E-state index contributed by atoms with van der Waals surface area (Å²) in [5, 5.41) is 0.503. The van der Waals surface area contributed by atoms with Gasteiger partial charge in [0.15, 0.2) is 0 Å². The zero-order chi connectivity index (χ0) is 18.8. The minimum Gasteiger partial charge on any atom is -0.454 e. The van der Waals surface area contributed by atoms with Crippen LogP contribution in [-0.4, -0.2) is 32.8 Å². The van der Waals surface area contributed by atoms with Gasteiger partial charge in [-0.25, -0.2) is 17.5 Å². The third kappa shape index (κ3) is 4.21. The number of hydrogen-bond acceptors (Lipinski definition) is 4. The number of rotatable bonds is 5. The maximum Gasteiger partial charge on any atom is 0.339 e. The molecule has 5 nitrogen and oxygen atoms in total. The lowest BCUT2D eigenvalue weighted by molar-refractivity contribution is 0.0337. The van der Waals surface area contributed by atoms with Crippen LogP contribution in [0.2, 0.25) is 5.02 Å². The Labute approximate surface area is 153 Å². The predicted molar refractivity (Wildman–Crippen MR) is 97.3 cm³/mol. The van der Waals surface area contributed by atoms with E-state index in [0.717, 1.165) is 4.31 Å². The standard InChI is InChI=1S/C18H20ClNO4S/c1-12-9-10-14(25(22,23)20(3)4)11-16(12)18(21)24-13(2)15-7-5-6-8-17(15)19/h5-11,13H,1-4H3/t13-/m1/s1. The van der Waals surface area contributed by atoms with Crippen LogP contribution in [0.3, 0.4) is 0 Å². The molecule has 2 aromatic carbocycles. The SMILES string of the molecule is Cc1ccc(S(=O)(=O)N(C)C)cc1C(=O)O[C@H](C)c1ccccc1Cl. The number of carbonyl (C=O) groups excluding carboxylic acids is 1. The van der Waals surface area contributed by atoms with Crippen molar-refractivity contribution in [1.29, 1.82) is 0 Å². The van der Waals surface area contributed by atoms with Crippen LogP contribution in [0.4, 0.5) is 0 Å². The molecule has 7 heteroatoms. The molecule has 0 bridgehead atoms. The fraction of sp³-hybridized carbons (Fsp3) is 0.278. The highest BCUT2D eigenvalue weighted by molar-refractivity contribution is 7.89. The van der Waals surface area contributed by atoms with Gasteiger partial charge in [0.2, 0.25) is 10.0 Å². The molecule has 0 N–H and O–H groups in total. The molecule has 134 valence electrons. The molecule has 0 heterocycles. The van der Waals surface area contributed by atoms with E-state index in [1.165, 1.54) is 26.2 Å². The first kappa shape index (κ1) is 19.4. The van der Waals surface area contributed by atoms with Crippen molar-refractivity contribution in [2.45, 2.75) is 24.8 Å². The molecule has 0 radical (unpaired) electrons. The predicted octanol–water partition coefficient (Wildman–Crippen LogP) is 3.82. The van der Waals surface area contributed by atoms with Crippen LogP contribution >= 0.6 is 11.6 Å². The van der Waals surface area contributed by atoms with Gasteiger partial charge in [0.05, 0.1) is 10.5 Å². The topological polar surface area (TPSA) is 63.7 Å². The number of halogens is 1. The van der Waals surface area contributed by atoms with Crippen molar-refractivity contribution in [1.82, 2.24) is 4.31 Å². The van der Waals surface area contributed by atoms with E-state index in [2.05, 4.69) is 0 Å². The molecule has 0 saturated heterocycles. The number of hydrogen-bond donors (Lipinski definition) is 0. The molecule has 0 aromatic heterocycles. The molecular weight excluding hydrogens is 362 g/mol. The molecule has 2 rings (SSSR count). The zero-order valence-corrected chi connectivity index (χ0v) is 16.1. The van der Waals surface area contributed by atoms with Gasteiger partial charge in [0.1, 0.15) is 6.10 Å². The third-order valence-corrected chi connectivity index (χ3v) is 5.99. The Morgan fingerprint density at radius 1 is 1.16 bits per heavy atom. The number of sulfonamides is 1. The lowest BCUT2D eigenvalue weighted by Gasteiger charge is -2.17. The Hall–Kier alpha value is -1.89. The average molecular weight is 382 g/mol. The second kappa shape index (κ2) is 7.56. The Morgan fingerprint density at radius 2 is 1.80 bits per heavy atom. The highest BCUT2D eigenvalue weighted by Crippen LogP contribution is 2.27. The molecular formula is C18H20ClNO4S. The Bertz CT molecular complexity index is 894. The lowest BCUT2D eigenvalue weighted by atomic mass is 10.1. The minimum atomic E-state index is -3.63. The van der Waals surface area contributed by atoms with Crippen molar-refractivity contribution in [3.05, 3.63) is 64.2 Å². The summed E-state index contributed by atoms with van der Waals surface area (Å²) < 4.78 is 31.1. The summed E-state index contributed by atoms with van der Waals surface area (Å²) in [7, 11) is -0.758. The van der Waals surface area contributed by atoms with Crippen LogP contribution in [0.1, 0.15) is 34.5 Å². The first-order valence-corrected chi connectivity index (χ1v) is 9.45. The van der Waals surface area contributed by atoms with E-state index in [1.807, 2.05) is 0 Å². The van der Waals surface area contributed by atoms with E-state index in [0.29, 0.717) is 16.1 Å². The highest BCUT2D eigenvalue weighted by Gasteiger charge is 2.22. The maximum absolute atomic E-state index is 12.5. The van der Waals surface area contributed by atoms with E-state index in [9.17, 15) is 13.2 Å². The second-order valence-electron chi connectivity index (χ2n) is 5.83. The van der Waals surface area contributed by atoms with Crippen molar-refractivity contribution in [3.8, 4) is 0 Å². The van der Waals surface area contributed by atoms with Gasteiger partial charge in [0, 0.05) is 24.7 Å². The average Bonchev–Trinajstić information content (AvgIpc) is 2.55. The van der Waals surface area contributed by atoms with Crippen molar-refractivity contribution in [2.75, 3.05) is 14.1 Å². The fourth-order valence-corrected chi connectivity index (χ4v) is 3.50. The van der Waals surface area contributed by atoms with Crippen LogP contribution in [0, 0.1) is 6.92 Å². The number of aryl methyl sites for hydroxylation is 1. The van der Waals surface area contributed by atoms with Gasteiger partial charge in [-0.2, -0.15) is 0 Å². The normalized spacial score (nSPS) is 12.9. The Morgan fingerprint density at radius 3 is 2.40 bits per heavy atom. The van der Waals surface area contributed by atoms with Gasteiger partial charge >= 0.3 is 5.97 Å². The number of carbonyl (C=O) groups is 1. The van der Waals surface area contributed by atoms with E-state index >= 15 is 0 Å². The van der Waals surface area contributed by atoms with E-state index in [4.69, 9.17) is 16.3 Å². The van der Waals surface area contributed by atoms with Crippen molar-refractivity contribution in [3.63, 3.8) is 0 Å². The molecule has 1 atom stereocenters. The van der Waals surface area contributed by atoms with Gasteiger partial charge < -0.3 is 4.74 Å². The van der Waals surface area contributed by atoms with Crippen molar-refractivity contribution in [2.24, 2.45) is 0 Å². The summed E-state index contributed by atoms with van der Waals surface area (Å²) in [6.45, 7) is 3.44. The first-order chi connectivity index (χ1) is 11.6. The number of nitrogens with zero attached hydrogens (tertiary/aromatic N) is 1. The maximum atomic E-state index is 12.5. The number of benzene rings is 2. The Kier molecular flexibility index (Phi) is 5.87. The largest absolute Gasteiger partial charge is 0.454 e.